The van der Waals surface area contributed by atoms with Crippen molar-refractivity contribution in [2.24, 2.45) is 11.7 Å². The van der Waals surface area contributed by atoms with E-state index in [4.69, 9.17) is 17.3 Å². The fourth-order valence-electron chi connectivity index (χ4n) is 1.86. The van der Waals surface area contributed by atoms with Gasteiger partial charge in [0.2, 0.25) is 10.0 Å². The molecule has 4 nitrogen and oxygen atoms in total. The summed E-state index contributed by atoms with van der Waals surface area (Å²) in [5, 5.41) is -0.268. The molecule has 3 N–H and O–H groups in total. The molecule has 0 spiro atoms. The van der Waals surface area contributed by atoms with E-state index in [1.807, 2.05) is 0 Å². The predicted molar refractivity (Wildman–Crippen MR) is 72.3 cm³/mol. The Labute approximate surface area is 125 Å². The number of sulfonamides is 1. The second-order valence-corrected chi connectivity index (χ2v) is 7.14. The third-order valence-electron chi connectivity index (χ3n) is 3.28. The van der Waals surface area contributed by atoms with Gasteiger partial charge in [0, 0.05) is 12.6 Å². The lowest BCUT2D eigenvalue weighted by atomic mass is 10.2. The van der Waals surface area contributed by atoms with E-state index < -0.39 is 26.7 Å². The second-order valence-electron chi connectivity index (χ2n) is 5.00. The van der Waals surface area contributed by atoms with Gasteiger partial charge in [0.05, 0.1) is 10.6 Å². The Hall–Kier alpha value is -0.830. The highest BCUT2D eigenvalue weighted by atomic mass is 35.5. The van der Waals surface area contributed by atoms with Crippen molar-refractivity contribution in [1.29, 1.82) is 0 Å². The molecule has 1 fully saturated rings. The summed E-state index contributed by atoms with van der Waals surface area (Å²) in [7, 11) is -4.14. The predicted octanol–water partition coefficient (Wildman–Crippen LogP) is 2.37. The topological polar surface area (TPSA) is 72.2 Å². The van der Waals surface area contributed by atoms with E-state index in [0.29, 0.717) is 6.07 Å². The van der Waals surface area contributed by atoms with Crippen molar-refractivity contribution in [3.05, 3.63) is 28.8 Å². The van der Waals surface area contributed by atoms with E-state index in [1.54, 1.807) is 0 Å². The zero-order valence-electron chi connectivity index (χ0n) is 10.8. The average Bonchev–Trinajstić information content (AvgIpc) is 3.19. The van der Waals surface area contributed by atoms with E-state index in [9.17, 15) is 21.6 Å². The molecule has 1 aromatic carbocycles. The zero-order chi connectivity index (χ0) is 15.8. The lowest BCUT2D eigenvalue weighted by Gasteiger charge is -2.14. The molecule has 1 saturated carbocycles. The van der Waals surface area contributed by atoms with Crippen molar-refractivity contribution in [3.8, 4) is 0 Å². The smallest absolute Gasteiger partial charge is 0.326 e. The molecule has 0 saturated heterocycles. The van der Waals surface area contributed by atoms with Crippen LogP contribution in [0.15, 0.2) is 23.1 Å². The molecule has 9 heteroatoms. The number of hydrogen-bond donors (Lipinski definition) is 2. The van der Waals surface area contributed by atoms with Crippen LogP contribution in [-0.4, -0.2) is 21.0 Å². The lowest BCUT2D eigenvalue weighted by molar-refractivity contribution is -0.137. The summed E-state index contributed by atoms with van der Waals surface area (Å²) in [5.74, 6) is 0.268. The molecule has 1 aliphatic rings. The van der Waals surface area contributed by atoms with Crippen LogP contribution in [0.3, 0.4) is 0 Å². The number of nitrogens with two attached hydrogens (primary N) is 1. The number of rotatable bonds is 5. The first-order valence-electron chi connectivity index (χ1n) is 6.23. The first-order valence-corrected chi connectivity index (χ1v) is 8.09. The standard InChI is InChI=1S/C12H14ClF3N2O2S/c13-9-4-3-8(12(14,15)16)5-11(9)21(19,20)18-6-10(17)7-1-2-7/h3-5,7,10,18H,1-2,6,17H2. The molecular weight excluding hydrogens is 329 g/mol. The van der Waals surface area contributed by atoms with Gasteiger partial charge in [-0.1, -0.05) is 11.6 Å². The van der Waals surface area contributed by atoms with Gasteiger partial charge in [-0.2, -0.15) is 13.2 Å². The Bertz CT molecular complexity index is 630. The van der Waals surface area contributed by atoms with Crippen molar-refractivity contribution < 1.29 is 21.6 Å². The van der Waals surface area contributed by atoms with E-state index in [0.717, 1.165) is 25.0 Å². The molecule has 0 heterocycles. The molecule has 1 atom stereocenters. The van der Waals surface area contributed by atoms with Gasteiger partial charge in [-0.3, -0.25) is 0 Å². The highest BCUT2D eigenvalue weighted by Crippen LogP contribution is 2.34. The minimum absolute atomic E-state index is 0.0282. The van der Waals surface area contributed by atoms with Crippen molar-refractivity contribution >= 4 is 21.6 Å². The van der Waals surface area contributed by atoms with E-state index in [1.165, 1.54) is 0 Å². The highest BCUT2D eigenvalue weighted by molar-refractivity contribution is 7.89. The molecule has 1 aromatic rings. The summed E-state index contributed by atoms with van der Waals surface area (Å²) in [6.07, 6.45) is -2.76. The van der Waals surface area contributed by atoms with Gasteiger partial charge >= 0.3 is 6.18 Å². The summed E-state index contributed by atoms with van der Waals surface area (Å²) >= 11 is 5.70. The molecule has 2 rings (SSSR count). The molecule has 0 radical (unpaired) electrons. The summed E-state index contributed by atoms with van der Waals surface area (Å²) in [6.45, 7) is -0.0282. The third kappa shape index (κ3) is 4.09. The molecule has 118 valence electrons. The van der Waals surface area contributed by atoms with Gasteiger partial charge in [0.25, 0.3) is 0 Å². The van der Waals surface area contributed by atoms with Crippen molar-refractivity contribution in [1.82, 2.24) is 4.72 Å². The SMILES string of the molecule is NC(CNS(=O)(=O)c1cc(C(F)(F)F)ccc1Cl)C1CC1. The number of benzene rings is 1. The first kappa shape index (κ1) is 16.5. The van der Waals surface area contributed by atoms with Gasteiger partial charge in [0.15, 0.2) is 0 Å². The van der Waals surface area contributed by atoms with Crippen molar-refractivity contribution in [2.75, 3.05) is 6.54 Å². The van der Waals surface area contributed by atoms with Crippen LogP contribution in [-0.2, 0) is 16.2 Å². The quantitative estimate of drug-likeness (QED) is 0.863. The first-order chi connectivity index (χ1) is 9.61. The Balaban J connectivity index is 2.22. The molecule has 0 amide bonds. The van der Waals surface area contributed by atoms with Crippen LogP contribution in [0.4, 0.5) is 13.2 Å². The van der Waals surface area contributed by atoms with Gasteiger partial charge in [-0.25, -0.2) is 13.1 Å². The molecule has 1 aliphatic carbocycles. The highest BCUT2D eigenvalue weighted by Gasteiger charge is 2.33. The van der Waals surface area contributed by atoms with Crippen molar-refractivity contribution in [2.45, 2.75) is 30.0 Å². The summed E-state index contributed by atoms with van der Waals surface area (Å²) in [6, 6.07) is 1.83. The van der Waals surface area contributed by atoms with Crippen LogP contribution in [0.5, 0.6) is 0 Å². The minimum Gasteiger partial charge on any atom is -0.326 e. The van der Waals surface area contributed by atoms with E-state index in [2.05, 4.69) is 4.72 Å². The number of alkyl halides is 3. The molecule has 1 unspecified atom stereocenters. The fraction of sp³-hybridized carbons (Fsp3) is 0.500. The van der Waals surface area contributed by atoms with Crippen LogP contribution >= 0.6 is 11.6 Å². The van der Waals surface area contributed by atoms with E-state index >= 15 is 0 Å². The second kappa shape index (κ2) is 5.75. The molecule has 21 heavy (non-hydrogen) atoms. The van der Waals surface area contributed by atoms with Crippen LogP contribution < -0.4 is 10.5 Å². The Morgan fingerprint density at radius 2 is 2.00 bits per heavy atom. The van der Waals surface area contributed by atoms with Crippen LogP contribution in [0.1, 0.15) is 18.4 Å². The normalized spacial score (nSPS) is 17.8. The zero-order valence-corrected chi connectivity index (χ0v) is 12.4. The maximum absolute atomic E-state index is 12.6. The fourth-order valence-corrected chi connectivity index (χ4v) is 3.46. The van der Waals surface area contributed by atoms with Gasteiger partial charge < -0.3 is 5.73 Å². The maximum atomic E-state index is 12.6. The number of hydrogen-bond acceptors (Lipinski definition) is 3. The Kier molecular flexibility index (Phi) is 4.53. The van der Waals surface area contributed by atoms with Crippen LogP contribution in [0.25, 0.3) is 0 Å². The molecule has 0 bridgehead atoms. The monoisotopic (exact) mass is 342 g/mol. The molecule has 0 aromatic heterocycles. The van der Waals surface area contributed by atoms with Crippen LogP contribution in [0.2, 0.25) is 5.02 Å². The number of halogens is 4. The lowest BCUT2D eigenvalue weighted by Crippen LogP contribution is -2.38. The van der Waals surface area contributed by atoms with Crippen LogP contribution in [0, 0.1) is 5.92 Å². The molecular formula is C12H14ClF3N2O2S. The average molecular weight is 343 g/mol. The summed E-state index contributed by atoms with van der Waals surface area (Å²) < 4.78 is 64.2. The van der Waals surface area contributed by atoms with Gasteiger partial charge in [-0.05, 0) is 37.0 Å². The summed E-state index contributed by atoms with van der Waals surface area (Å²) in [4.78, 5) is -0.595. The van der Waals surface area contributed by atoms with E-state index in [-0.39, 0.29) is 23.5 Å². The Morgan fingerprint density at radius 3 is 2.52 bits per heavy atom. The summed E-state index contributed by atoms with van der Waals surface area (Å²) in [5.41, 5.74) is 4.69. The number of nitrogens with one attached hydrogen (secondary N) is 1. The van der Waals surface area contributed by atoms with Gasteiger partial charge in [-0.15, -0.1) is 0 Å². The molecule has 0 aliphatic heterocycles. The van der Waals surface area contributed by atoms with Gasteiger partial charge in [0.1, 0.15) is 4.90 Å². The van der Waals surface area contributed by atoms with Crippen molar-refractivity contribution in [3.63, 3.8) is 0 Å². The Morgan fingerprint density at radius 1 is 1.38 bits per heavy atom. The maximum Gasteiger partial charge on any atom is 0.416 e. The largest absolute Gasteiger partial charge is 0.416 e. The minimum atomic E-state index is -4.64. The third-order valence-corrected chi connectivity index (χ3v) is 5.19.